The van der Waals surface area contributed by atoms with Gasteiger partial charge >= 0.3 is 29.8 Å². The highest BCUT2D eigenvalue weighted by atomic mass is 16.4. The van der Waals surface area contributed by atoms with Gasteiger partial charge in [0.05, 0.1) is 18.9 Å². The number of benzene rings is 1. The van der Waals surface area contributed by atoms with Gasteiger partial charge in [0.25, 0.3) is 0 Å². The first-order chi connectivity index (χ1) is 28.7. The van der Waals surface area contributed by atoms with Gasteiger partial charge in [0.2, 0.25) is 35.4 Å². The molecule has 2 aromatic rings. The molecular formula is C37H48N8O16. The summed E-state index contributed by atoms with van der Waals surface area (Å²) >= 11 is 0. The van der Waals surface area contributed by atoms with E-state index in [0.29, 0.717) is 22.9 Å². The van der Waals surface area contributed by atoms with Crippen molar-refractivity contribution in [1.29, 1.82) is 0 Å². The van der Waals surface area contributed by atoms with E-state index in [-0.39, 0.29) is 19.4 Å². The normalized spacial score (nSPS) is 16.4. The first-order valence-electron chi connectivity index (χ1n) is 18.9. The van der Waals surface area contributed by atoms with Crippen LogP contribution >= 0.6 is 0 Å². The van der Waals surface area contributed by atoms with Gasteiger partial charge in [-0.3, -0.25) is 47.9 Å². The first-order valence-corrected chi connectivity index (χ1v) is 18.9. The molecule has 0 radical (unpaired) electrons. The van der Waals surface area contributed by atoms with Crippen LogP contribution in [0.2, 0.25) is 0 Å². The van der Waals surface area contributed by atoms with Gasteiger partial charge in [-0.25, -0.2) is 4.79 Å². The van der Waals surface area contributed by atoms with E-state index in [4.69, 9.17) is 10.8 Å². The van der Waals surface area contributed by atoms with Gasteiger partial charge in [-0.15, -0.1) is 0 Å². The number of hydrogen-bond acceptors (Lipinski definition) is 12. The van der Waals surface area contributed by atoms with E-state index in [0.717, 1.165) is 0 Å². The Hall–Kier alpha value is -7.11. The molecule has 1 aromatic carbocycles. The standard InChI is InChI=1S/C37H48N8O16/c1-17(38)36(59)45-12-4-7-26(45)35(58)44-23(13-18-16-39-20-6-3-2-5-19(18)20)32(55)43-24(14-29(50)51)33(56)40-21(8-10-27(46)47)31(54)42-25(15-30(52)53)34(57)41-22(37(60)61)9-11-28(48)49/h2-3,5-6,16-17,21-26,39H,4,7-15,38H2,1H3,(H,40,56)(H,41,57)(H,42,54)(H,43,55)(H,44,58)(H,46,47)(H,48,49)(H,50,51)(H,52,53)(H,60,61)/t17-,21-,22-,23-,24-,25-,26-/m0/s1. The molecular weight excluding hydrogens is 812 g/mol. The summed E-state index contributed by atoms with van der Waals surface area (Å²) in [6.07, 6.45) is -3.13. The third kappa shape index (κ3) is 14.6. The van der Waals surface area contributed by atoms with Crippen LogP contribution in [0.3, 0.4) is 0 Å². The summed E-state index contributed by atoms with van der Waals surface area (Å²) in [6, 6.07) is -4.33. The SMILES string of the molecule is C[C@H](N)C(=O)N1CCC[C@H]1C(=O)N[C@@H](Cc1c[nH]c2ccccc12)C(=O)N[C@@H](CC(=O)O)C(=O)N[C@@H](CCC(=O)O)C(=O)N[C@@H](CC(=O)O)C(=O)N[C@@H](CCC(=O)O)C(=O)O. The number of likely N-dealkylation sites (tertiary alicyclic amines) is 1. The summed E-state index contributed by atoms with van der Waals surface area (Å²) in [5.74, 6) is -14.3. The minimum Gasteiger partial charge on any atom is -0.481 e. The third-order valence-electron chi connectivity index (χ3n) is 9.52. The summed E-state index contributed by atoms with van der Waals surface area (Å²) in [5.41, 5.74) is 6.97. The molecule has 61 heavy (non-hydrogen) atoms. The lowest BCUT2D eigenvalue weighted by atomic mass is 10.0. The number of aromatic amines is 1. The Balaban J connectivity index is 1.90. The van der Waals surface area contributed by atoms with E-state index in [1.807, 2.05) is 10.6 Å². The molecule has 24 heteroatoms. The van der Waals surface area contributed by atoms with Crippen LogP contribution in [0.25, 0.3) is 10.9 Å². The minimum atomic E-state index is -2.05. The van der Waals surface area contributed by atoms with Gasteiger partial charge in [-0.05, 0) is 44.2 Å². The Morgan fingerprint density at radius 1 is 0.689 bits per heavy atom. The Morgan fingerprint density at radius 3 is 1.70 bits per heavy atom. The number of nitrogens with two attached hydrogens (primary N) is 1. The van der Waals surface area contributed by atoms with Crippen molar-refractivity contribution in [2.45, 2.75) is 107 Å². The summed E-state index contributed by atoms with van der Waals surface area (Å²) in [5, 5.41) is 58.3. The maximum atomic E-state index is 14.0. The average Bonchev–Trinajstić information content (AvgIpc) is 3.84. The zero-order valence-electron chi connectivity index (χ0n) is 32.8. The van der Waals surface area contributed by atoms with Crippen molar-refractivity contribution in [1.82, 2.24) is 36.5 Å². The number of hydrogen-bond donors (Lipinski definition) is 12. The lowest BCUT2D eigenvalue weighted by Gasteiger charge is -2.28. The van der Waals surface area contributed by atoms with Crippen molar-refractivity contribution in [2.24, 2.45) is 5.73 Å². The monoisotopic (exact) mass is 860 g/mol. The van der Waals surface area contributed by atoms with Gasteiger partial charge in [0.1, 0.15) is 36.3 Å². The molecule has 2 heterocycles. The lowest BCUT2D eigenvalue weighted by Crippen LogP contribution is -2.60. The second-order valence-corrected chi connectivity index (χ2v) is 14.2. The van der Waals surface area contributed by atoms with Crippen molar-refractivity contribution in [2.75, 3.05) is 6.54 Å². The van der Waals surface area contributed by atoms with E-state index in [9.17, 15) is 73.2 Å². The molecule has 0 spiro atoms. The molecule has 1 fully saturated rings. The molecule has 13 N–H and O–H groups in total. The molecule has 7 atom stereocenters. The summed E-state index contributed by atoms with van der Waals surface area (Å²) in [6.45, 7) is 1.66. The highest BCUT2D eigenvalue weighted by molar-refractivity contribution is 5.99. The number of carboxylic acids is 5. The fourth-order valence-electron chi connectivity index (χ4n) is 6.48. The van der Waals surface area contributed by atoms with Crippen molar-refractivity contribution < 1.29 is 78.3 Å². The van der Waals surface area contributed by atoms with E-state index < -0.39 is 146 Å². The topological polar surface area (TPSA) is 394 Å². The molecule has 1 aromatic heterocycles. The molecule has 6 amide bonds. The molecule has 1 saturated heterocycles. The zero-order valence-corrected chi connectivity index (χ0v) is 32.8. The number of aromatic nitrogens is 1. The molecule has 0 bridgehead atoms. The number of aliphatic carboxylic acids is 5. The van der Waals surface area contributed by atoms with Gasteiger partial charge < -0.3 is 67.7 Å². The molecule has 1 aliphatic rings. The molecule has 24 nitrogen and oxygen atoms in total. The highest BCUT2D eigenvalue weighted by Gasteiger charge is 2.38. The smallest absolute Gasteiger partial charge is 0.326 e. The Morgan fingerprint density at radius 2 is 1.18 bits per heavy atom. The van der Waals surface area contributed by atoms with Crippen LogP contribution in [0.1, 0.15) is 63.9 Å². The number of H-pyrrole nitrogens is 1. The van der Waals surface area contributed by atoms with Crippen molar-refractivity contribution in [3.8, 4) is 0 Å². The number of fused-ring (bicyclic) bond motifs is 1. The Labute approximate surface area is 345 Å². The second-order valence-electron chi connectivity index (χ2n) is 14.2. The van der Waals surface area contributed by atoms with Crippen LogP contribution in [0.15, 0.2) is 30.5 Å². The van der Waals surface area contributed by atoms with Gasteiger partial charge in [0, 0.05) is 42.9 Å². The average molecular weight is 861 g/mol. The van der Waals surface area contributed by atoms with E-state index in [1.54, 1.807) is 30.5 Å². The van der Waals surface area contributed by atoms with Crippen LogP contribution in [-0.2, 0) is 59.2 Å². The predicted molar refractivity (Wildman–Crippen MR) is 206 cm³/mol. The number of carbonyl (C=O) groups is 11. The predicted octanol–water partition coefficient (Wildman–Crippen LogP) is -2.76. The molecule has 3 rings (SSSR count). The molecule has 1 aliphatic heterocycles. The number of nitrogens with zero attached hydrogens (tertiary/aromatic N) is 1. The first kappa shape index (κ1) is 48.3. The van der Waals surface area contributed by atoms with Gasteiger partial charge in [-0.2, -0.15) is 0 Å². The van der Waals surface area contributed by atoms with E-state index >= 15 is 0 Å². The summed E-state index contributed by atoms with van der Waals surface area (Å²) in [7, 11) is 0. The van der Waals surface area contributed by atoms with Crippen molar-refractivity contribution in [3.05, 3.63) is 36.0 Å². The molecule has 0 saturated carbocycles. The number of rotatable bonds is 24. The zero-order chi connectivity index (χ0) is 45.6. The fraction of sp³-hybridized carbons (Fsp3) is 0.486. The summed E-state index contributed by atoms with van der Waals surface area (Å²) in [4.78, 5) is 143. The van der Waals surface area contributed by atoms with Crippen LogP contribution < -0.4 is 32.3 Å². The molecule has 0 aliphatic carbocycles. The highest BCUT2D eigenvalue weighted by Crippen LogP contribution is 2.21. The number of para-hydroxylation sites is 1. The largest absolute Gasteiger partial charge is 0.481 e. The second kappa shape index (κ2) is 22.3. The van der Waals surface area contributed by atoms with Crippen LogP contribution in [-0.4, -0.2) is 150 Å². The maximum Gasteiger partial charge on any atom is 0.326 e. The maximum absolute atomic E-state index is 14.0. The number of amides is 6. The van der Waals surface area contributed by atoms with Gasteiger partial charge in [-0.1, -0.05) is 18.2 Å². The number of carbonyl (C=O) groups excluding carboxylic acids is 6. The third-order valence-corrected chi connectivity index (χ3v) is 9.52. The Bertz CT molecular complexity index is 2020. The summed E-state index contributed by atoms with van der Waals surface area (Å²) < 4.78 is 0. The molecule has 332 valence electrons. The van der Waals surface area contributed by atoms with Crippen molar-refractivity contribution >= 4 is 76.2 Å². The number of carboxylic acid groups (broad SMARTS) is 5. The van der Waals surface area contributed by atoms with Crippen LogP contribution in [0.5, 0.6) is 0 Å². The van der Waals surface area contributed by atoms with Gasteiger partial charge in [0.15, 0.2) is 0 Å². The van der Waals surface area contributed by atoms with E-state index in [1.165, 1.54) is 11.8 Å². The number of nitrogens with one attached hydrogen (secondary N) is 6. The van der Waals surface area contributed by atoms with E-state index in [2.05, 4.69) is 20.9 Å². The fourth-order valence-corrected chi connectivity index (χ4v) is 6.48. The minimum absolute atomic E-state index is 0.215. The molecule has 0 unspecified atom stereocenters. The quantitative estimate of drug-likeness (QED) is 0.0508. The lowest BCUT2D eigenvalue weighted by molar-refractivity contribution is -0.144. The van der Waals surface area contributed by atoms with Crippen molar-refractivity contribution in [3.63, 3.8) is 0 Å². The van der Waals surface area contributed by atoms with Crippen LogP contribution in [0, 0.1) is 0 Å². The van der Waals surface area contributed by atoms with Crippen LogP contribution in [0.4, 0.5) is 0 Å². The Kier molecular flexibility index (Phi) is 17.7.